The predicted molar refractivity (Wildman–Crippen MR) is 149 cm³/mol. The molecule has 38 heavy (non-hydrogen) atoms. The number of carbonyl (C=O) groups is 2. The molecular formula is C30H34FN5O2. The molecule has 0 spiro atoms. The highest BCUT2D eigenvalue weighted by molar-refractivity contribution is 6.06. The molecule has 0 saturated heterocycles. The first-order chi connectivity index (χ1) is 18.5. The first-order valence-corrected chi connectivity index (χ1v) is 13.5. The van der Waals surface area contributed by atoms with Crippen molar-refractivity contribution in [2.45, 2.75) is 64.5 Å². The highest BCUT2D eigenvalue weighted by atomic mass is 19.1. The Hall–Kier alpha value is -3.94. The number of rotatable bonds is 7. The van der Waals surface area contributed by atoms with Crippen LogP contribution >= 0.6 is 0 Å². The summed E-state index contributed by atoms with van der Waals surface area (Å²) in [4.78, 5) is 34.8. The molecule has 2 aromatic carbocycles. The van der Waals surface area contributed by atoms with Crippen LogP contribution in [0, 0.1) is 5.82 Å². The lowest BCUT2D eigenvalue weighted by molar-refractivity contribution is -0.120. The normalized spacial score (nSPS) is 17.8. The minimum absolute atomic E-state index is 0.00832. The monoisotopic (exact) mass is 515 g/mol. The first-order valence-electron chi connectivity index (χ1n) is 13.5. The summed E-state index contributed by atoms with van der Waals surface area (Å²) in [5.41, 5.74) is 2.75. The van der Waals surface area contributed by atoms with Gasteiger partial charge in [-0.3, -0.25) is 9.59 Å². The van der Waals surface area contributed by atoms with E-state index in [1.165, 1.54) is 18.6 Å². The molecule has 7 nitrogen and oxygen atoms in total. The number of hydrogen-bond donors (Lipinski definition) is 2. The highest BCUT2D eigenvalue weighted by Crippen LogP contribution is 2.41. The standard InChI is InChI=1S/C30H34FN5O2/c1-3-25-30(38)35(4-2)26-17-18-27(34-28(26)36(25)24-15-13-21(31)14-16-24)32-23-12-8-9-20(19-23)29(37)33-22-10-6-5-7-11-22/h8-9,12-19,22,25H,3-7,10-11H2,1-2H3,(H,32,34)(H,33,37)/t25-/m1/s1. The summed E-state index contributed by atoms with van der Waals surface area (Å²) < 4.78 is 13.7. The molecular weight excluding hydrogens is 481 g/mol. The summed E-state index contributed by atoms with van der Waals surface area (Å²) >= 11 is 0. The molecule has 2 heterocycles. The Balaban J connectivity index is 1.44. The fourth-order valence-electron chi connectivity index (χ4n) is 5.44. The van der Waals surface area contributed by atoms with Crippen molar-refractivity contribution in [1.29, 1.82) is 0 Å². The van der Waals surface area contributed by atoms with Crippen LogP contribution < -0.4 is 20.4 Å². The van der Waals surface area contributed by atoms with Crippen LogP contribution in [0.2, 0.25) is 0 Å². The molecule has 198 valence electrons. The van der Waals surface area contributed by atoms with Gasteiger partial charge in [-0.05, 0) is 80.8 Å². The summed E-state index contributed by atoms with van der Waals surface area (Å²) in [5, 5.41) is 6.50. The topological polar surface area (TPSA) is 77.6 Å². The lowest BCUT2D eigenvalue weighted by atomic mass is 9.95. The van der Waals surface area contributed by atoms with E-state index in [0.717, 1.165) is 31.4 Å². The van der Waals surface area contributed by atoms with Gasteiger partial charge in [0.2, 0.25) is 5.91 Å². The van der Waals surface area contributed by atoms with Crippen molar-refractivity contribution in [3.63, 3.8) is 0 Å². The lowest BCUT2D eigenvalue weighted by Gasteiger charge is -2.41. The van der Waals surface area contributed by atoms with E-state index in [0.29, 0.717) is 41.5 Å². The smallest absolute Gasteiger partial charge is 0.251 e. The SMILES string of the molecule is CC[C@@H]1C(=O)N(CC)c2ccc(Nc3cccc(C(=O)NC4CCCCC4)c3)nc2N1c1ccc(F)cc1. The van der Waals surface area contributed by atoms with E-state index in [1.54, 1.807) is 17.0 Å². The summed E-state index contributed by atoms with van der Waals surface area (Å²) in [6.45, 7) is 4.42. The average molecular weight is 516 g/mol. The largest absolute Gasteiger partial charge is 0.349 e. The maximum Gasteiger partial charge on any atom is 0.251 e. The van der Waals surface area contributed by atoms with Crippen LogP contribution in [0.1, 0.15) is 62.7 Å². The van der Waals surface area contributed by atoms with Crippen LogP contribution in [-0.2, 0) is 4.79 Å². The van der Waals surface area contributed by atoms with Crippen LogP contribution in [0.25, 0.3) is 0 Å². The van der Waals surface area contributed by atoms with Gasteiger partial charge in [-0.15, -0.1) is 0 Å². The van der Waals surface area contributed by atoms with E-state index in [9.17, 15) is 14.0 Å². The molecule has 2 N–H and O–H groups in total. The van der Waals surface area contributed by atoms with Gasteiger partial charge in [0.15, 0.2) is 5.82 Å². The number of amides is 2. The summed E-state index contributed by atoms with van der Waals surface area (Å²) in [7, 11) is 0. The third kappa shape index (κ3) is 5.21. The second-order valence-corrected chi connectivity index (χ2v) is 9.91. The van der Waals surface area contributed by atoms with Crippen molar-refractivity contribution in [3.8, 4) is 0 Å². The fourth-order valence-corrected chi connectivity index (χ4v) is 5.44. The number of benzene rings is 2. The Labute approximate surface area is 223 Å². The Morgan fingerprint density at radius 3 is 2.50 bits per heavy atom. The molecule has 0 unspecified atom stereocenters. The maximum atomic E-state index is 13.7. The van der Waals surface area contributed by atoms with Crippen LogP contribution in [-0.4, -0.2) is 35.4 Å². The van der Waals surface area contributed by atoms with Gasteiger partial charge in [0.1, 0.15) is 17.7 Å². The number of halogens is 1. The fraction of sp³-hybridized carbons (Fsp3) is 0.367. The molecule has 1 aromatic heterocycles. The number of likely N-dealkylation sites (N-methyl/N-ethyl adjacent to an activating group) is 1. The highest BCUT2D eigenvalue weighted by Gasteiger charge is 2.38. The van der Waals surface area contributed by atoms with Gasteiger partial charge in [-0.1, -0.05) is 32.3 Å². The van der Waals surface area contributed by atoms with Gasteiger partial charge in [-0.2, -0.15) is 0 Å². The molecule has 0 radical (unpaired) electrons. The number of hydrogen-bond acceptors (Lipinski definition) is 5. The maximum absolute atomic E-state index is 13.7. The molecule has 1 atom stereocenters. The Bertz CT molecular complexity index is 1310. The molecule has 0 bridgehead atoms. The second kappa shape index (κ2) is 11.2. The molecule has 2 aliphatic rings. The van der Waals surface area contributed by atoms with Crippen molar-refractivity contribution >= 4 is 40.5 Å². The molecule has 1 saturated carbocycles. The predicted octanol–water partition coefficient (Wildman–Crippen LogP) is 6.31. The van der Waals surface area contributed by atoms with E-state index < -0.39 is 6.04 Å². The number of anilines is 5. The van der Waals surface area contributed by atoms with Gasteiger partial charge in [0.05, 0.1) is 5.69 Å². The zero-order valence-corrected chi connectivity index (χ0v) is 21.9. The molecule has 2 amide bonds. The van der Waals surface area contributed by atoms with Crippen molar-refractivity contribution in [2.24, 2.45) is 0 Å². The quantitative estimate of drug-likeness (QED) is 0.386. The van der Waals surface area contributed by atoms with Gasteiger partial charge < -0.3 is 20.4 Å². The van der Waals surface area contributed by atoms with Crippen LogP contribution in [0.15, 0.2) is 60.7 Å². The Morgan fingerprint density at radius 2 is 1.79 bits per heavy atom. The minimum atomic E-state index is -0.456. The molecule has 5 rings (SSSR count). The summed E-state index contributed by atoms with van der Waals surface area (Å²) in [6, 6.07) is 17.0. The molecule has 1 aliphatic carbocycles. The Kier molecular flexibility index (Phi) is 7.58. The van der Waals surface area contributed by atoms with E-state index in [2.05, 4.69) is 10.6 Å². The van der Waals surface area contributed by atoms with Crippen molar-refractivity contribution in [1.82, 2.24) is 10.3 Å². The van der Waals surface area contributed by atoms with Gasteiger partial charge in [-0.25, -0.2) is 9.37 Å². The third-order valence-corrected chi connectivity index (χ3v) is 7.38. The van der Waals surface area contributed by atoms with Crippen LogP contribution in [0.5, 0.6) is 0 Å². The lowest BCUT2D eigenvalue weighted by Crippen LogP contribution is -2.51. The van der Waals surface area contributed by atoms with Crippen molar-refractivity contribution in [2.75, 3.05) is 21.7 Å². The van der Waals surface area contributed by atoms with E-state index >= 15 is 0 Å². The van der Waals surface area contributed by atoms with E-state index in [1.807, 2.05) is 55.1 Å². The summed E-state index contributed by atoms with van der Waals surface area (Å²) in [6.07, 6.45) is 6.19. The molecule has 1 aliphatic heterocycles. The van der Waals surface area contributed by atoms with Crippen molar-refractivity contribution in [3.05, 3.63) is 72.0 Å². The minimum Gasteiger partial charge on any atom is -0.349 e. The number of carbonyl (C=O) groups excluding carboxylic acids is 2. The number of nitrogens with zero attached hydrogens (tertiary/aromatic N) is 3. The molecule has 1 fully saturated rings. The van der Waals surface area contributed by atoms with Gasteiger partial charge in [0.25, 0.3) is 5.91 Å². The van der Waals surface area contributed by atoms with Gasteiger partial charge >= 0.3 is 0 Å². The first kappa shape index (κ1) is 25.7. The second-order valence-electron chi connectivity index (χ2n) is 9.91. The van der Waals surface area contributed by atoms with Crippen molar-refractivity contribution < 1.29 is 14.0 Å². The molecule has 8 heteroatoms. The van der Waals surface area contributed by atoms with Gasteiger partial charge in [0, 0.05) is 29.5 Å². The number of aromatic nitrogens is 1. The average Bonchev–Trinajstić information content (AvgIpc) is 2.94. The number of fused-ring (bicyclic) bond motifs is 1. The zero-order chi connectivity index (χ0) is 26.6. The van der Waals surface area contributed by atoms with E-state index in [4.69, 9.17) is 4.98 Å². The Morgan fingerprint density at radius 1 is 1.03 bits per heavy atom. The van der Waals surface area contributed by atoms with E-state index in [-0.39, 0.29) is 23.7 Å². The van der Waals surface area contributed by atoms with Crippen LogP contribution in [0.4, 0.5) is 33.1 Å². The number of nitrogens with one attached hydrogen (secondary N) is 2. The van der Waals surface area contributed by atoms with Crippen LogP contribution in [0.3, 0.4) is 0 Å². The third-order valence-electron chi connectivity index (χ3n) is 7.38. The summed E-state index contributed by atoms with van der Waals surface area (Å²) in [5.74, 6) is 0.800. The number of pyridine rings is 1. The zero-order valence-electron chi connectivity index (χ0n) is 21.9. The molecule has 3 aromatic rings.